The predicted molar refractivity (Wildman–Crippen MR) is 81.3 cm³/mol. The molecule has 0 aliphatic carbocycles. The number of unbranched alkanes of at least 4 members (excludes halogenated alkanes) is 4. The molecule has 0 aromatic heterocycles. The van der Waals surface area contributed by atoms with Gasteiger partial charge in [-0.25, -0.2) is 4.79 Å². The van der Waals surface area contributed by atoms with Crippen LogP contribution in [0.2, 0.25) is 0 Å². The lowest BCUT2D eigenvalue weighted by atomic mass is 10.1. The molecule has 1 atom stereocenters. The number of urea groups is 1. The molecule has 6 N–H and O–H groups in total. The van der Waals surface area contributed by atoms with Gasteiger partial charge in [0.15, 0.2) is 0 Å². The monoisotopic (exact) mass is 300 g/mol. The number of primary amides is 2. The Balaban J connectivity index is 3.37. The van der Waals surface area contributed by atoms with Gasteiger partial charge in [-0.2, -0.15) is 0 Å². The second-order valence-electron chi connectivity index (χ2n) is 5.28. The topological polar surface area (TPSA) is 127 Å². The molecule has 0 bridgehead atoms. The molecule has 122 valence electrons. The van der Waals surface area contributed by atoms with Crippen LogP contribution in [0.3, 0.4) is 0 Å². The summed E-state index contributed by atoms with van der Waals surface area (Å²) in [6.45, 7) is 2.47. The van der Waals surface area contributed by atoms with Crippen LogP contribution in [0.5, 0.6) is 0 Å². The van der Waals surface area contributed by atoms with Gasteiger partial charge in [0.1, 0.15) is 0 Å². The van der Waals surface area contributed by atoms with Crippen molar-refractivity contribution in [2.45, 2.75) is 64.3 Å². The normalized spacial score (nSPS) is 11.7. The SMILES string of the molecule is CC(CCC(=O)NCCCCCCCC(N)=O)NC(N)=O. The van der Waals surface area contributed by atoms with Crippen molar-refractivity contribution in [2.24, 2.45) is 11.5 Å². The third-order valence-electron chi connectivity index (χ3n) is 3.12. The van der Waals surface area contributed by atoms with Crippen LogP contribution < -0.4 is 22.1 Å². The van der Waals surface area contributed by atoms with E-state index in [-0.39, 0.29) is 17.9 Å². The van der Waals surface area contributed by atoms with Crippen LogP contribution >= 0.6 is 0 Å². The maximum atomic E-state index is 11.5. The van der Waals surface area contributed by atoms with Gasteiger partial charge in [-0.3, -0.25) is 9.59 Å². The van der Waals surface area contributed by atoms with E-state index in [1.807, 2.05) is 6.92 Å². The number of hydrogen-bond donors (Lipinski definition) is 4. The molecule has 21 heavy (non-hydrogen) atoms. The summed E-state index contributed by atoms with van der Waals surface area (Å²) >= 11 is 0. The third kappa shape index (κ3) is 14.4. The molecule has 0 saturated carbocycles. The van der Waals surface area contributed by atoms with Crippen molar-refractivity contribution in [1.29, 1.82) is 0 Å². The van der Waals surface area contributed by atoms with Crippen molar-refractivity contribution in [3.8, 4) is 0 Å². The first kappa shape index (κ1) is 19.2. The van der Waals surface area contributed by atoms with E-state index in [9.17, 15) is 14.4 Å². The highest BCUT2D eigenvalue weighted by atomic mass is 16.2. The first-order valence-corrected chi connectivity index (χ1v) is 7.52. The summed E-state index contributed by atoms with van der Waals surface area (Å²) in [5, 5.41) is 5.37. The van der Waals surface area contributed by atoms with Crippen molar-refractivity contribution >= 4 is 17.8 Å². The Labute approximate surface area is 126 Å². The molecule has 0 aromatic carbocycles. The van der Waals surface area contributed by atoms with E-state index in [1.165, 1.54) is 0 Å². The maximum Gasteiger partial charge on any atom is 0.312 e. The van der Waals surface area contributed by atoms with Crippen LogP contribution in [0.4, 0.5) is 4.79 Å². The summed E-state index contributed by atoms with van der Waals surface area (Å²) in [6.07, 6.45) is 6.23. The van der Waals surface area contributed by atoms with Gasteiger partial charge in [0.05, 0.1) is 0 Å². The molecule has 0 radical (unpaired) electrons. The van der Waals surface area contributed by atoms with Crippen molar-refractivity contribution in [2.75, 3.05) is 6.54 Å². The van der Waals surface area contributed by atoms with Gasteiger partial charge < -0.3 is 22.1 Å². The van der Waals surface area contributed by atoms with Crippen LogP contribution in [0.25, 0.3) is 0 Å². The number of rotatable bonds is 12. The Bertz CT molecular complexity index is 334. The second kappa shape index (κ2) is 12.0. The molecule has 0 saturated heterocycles. The van der Waals surface area contributed by atoms with E-state index in [0.29, 0.717) is 25.8 Å². The Kier molecular flexibility index (Phi) is 11.0. The molecule has 1 unspecified atom stereocenters. The van der Waals surface area contributed by atoms with Crippen molar-refractivity contribution in [3.05, 3.63) is 0 Å². The highest BCUT2D eigenvalue weighted by Gasteiger charge is 2.07. The van der Waals surface area contributed by atoms with Crippen LogP contribution in [0.15, 0.2) is 0 Å². The lowest BCUT2D eigenvalue weighted by Gasteiger charge is -2.11. The van der Waals surface area contributed by atoms with Gasteiger partial charge in [-0.15, -0.1) is 0 Å². The summed E-state index contributed by atoms with van der Waals surface area (Å²) < 4.78 is 0. The smallest absolute Gasteiger partial charge is 0.312 e. The van der Waals surface area contributed by atoms with E-state index in [0.717, 1.165) is 32.1 Å². The minimum Gasteiger partial charge on any atom is -0.370 e. The lowest BCUT2D eigenvalue weighted by molar-refractivity contribution is -0.121. The van der Waals surface area contributed by atoms with Crippen molar-refractivity contribution in [3.63, 3.8) is 0 Å². The highest BCUT2D eigenvalue weighted by molar-refractivity contribution is 5.76. The molecule has 7 nitrogen and oxygen atoms in total. The summed E-state index contributed by atoms with van der Waals surface area (Å²) in [7, 11) is 0. The highest BCUT2D eigenvalue weighted by Crippen LogP contribution is 2.04. The standard InChI is InChI=1S/C14H28N4O3/c1-11(18-14(16)21)8-9-13(20)17-10-6-4-2-3-5-7-12(15)19/h11H,2-10H2,1H3,(H2,15,19)(H,17,20)(H3,16,18,21). The molecule has 0 spiro atoms. The van der Waals surface area contributed by atoms with Gasteiger partial charge in [-0.1, -0.05) is 19.3 Å². The number of carbonyl (C=O) groups is 3. The number of hydrogen-bond acceptors (Lipinski definition) is 3. The first-order chi connectivity index (χ1) is 9.91. The molecule has 0 heterocycles. The lowest BCUT2D eigenvalue weighted by Crippen LogP contribution is -2.37. The summed E-state index contributed by atoms with van der Waals surface area (Å²) in [5.74, 6) is -0.260. The van der Waals surface area contributed by atoms with Crippen LogP contribution in [-0.4, -0.2) is 30.4 Å². The molecule has 7 heteroatoms. The summed E-state index contributed by atoms with van der Waals surface area (Å²) in [6, 6.07) is -0.669. The average molecular weight is 300 g/mol. The van der Waals surface area contributed by atoms with Gasteiger partial charge in [0.2, 0.25) is 11.8 Å². The number of carbonyl (C=O) groups excluding carboxylic acids is 3. The number of nitrogens with two attached hydrogens (primary N) is 2. The summed E-state index contributed by atoms with van der Waals surface area (Å²) in [5.41, 5.74) is 10.0. The molecular weight excluding hydrogens is 272 g/mol. The van der Waals surface area contributed by atoms with Gasteiger partial charge in [0.25, 0.3) is 0 Å². The van der Waals surface area contributed by atoms with E-state index in [2.05, 4.69) is 10.6 Å². The molecule has 0 fully saturated rings. The molecule has 4 amide bonds. The van der Waals surface area contributed by atoms with Gasteiger partial charge >= 0.3 is 6.03 Å². The first-order valence-electron chi connectivity index (χ1n) is 7.52. The zero-order chi connectivity index (χ0) is 16.1. The fraction of sp³-hybridized carbons (Fsp3) is 0.786. The molecule has 0 aliphatic rings. The Morgan fingerprint density at radius 2 is 1.57 bits per heavy atom. The molecular formula is C14H28N4O3. The largest absolute Gasteiger partial charge is 0.370 e. The number of nitrogens with one attached hydrogen (secondary N) is 2. The van der Waals surface area contributed by atoms with E-state index in [4.69, 9.17) is 11.5 Å². The average Bonchev–Trinajstić information content (AvgIpc) is 2.38. The van der Waals surface area contributed by atoms with E-state index in [1.54, 1.807) is 0 Å². The van der Waals surface area contributed by atoms with Crippen LogP contribution in [0.1, 0.15) is 58.3 Å². The Morgan fingerprint density at radius 1 is 0.952 bits per heavy atom. The zero-order valence-corrected chi connectivity index (χ0v) is 12.8. The molecule has 0 aromatic rings. The minimum absolute atomic E-state index is 0.0122. The second-order valence-corrected chi connectivity index (χ2v) is 5.28. The minimum atomic E-state index is -0.570. The fourth-order valence-electron chi connectivity index (χ4n) is 1.93. The summed E-state index contributed by atoms with van der Waals surface area (Å²) in [4.78, 5) is 32.7. The quantitative estimate of drug-likeness (QED) is 0.397. The van der Waals surface area contributed by atoms with Crippen molar-refractivity contribution in [1.82, 2.24) is 10.6 Å². The predicted octanol–water partition coefficient (Wildman–Crippen LogP) is 0.766. The van der Waals surface area contributed by atoms with Crippen molar-refractivity contribution < 1.29 is 14.4 Å². The Morgan fingerprint density at radius 3 is 2.19 bits per heavy atom. The van der Waals surface area contributed by atoms with Gasteiger partial charge in [0, 0.05) is 25.4 Å². The Hall–Kier alpha value is -1.79. The van der Waals surface area contributed by atoms with Crippen LogP contribution in [0, 0.1) is 0 Å². The molecule has 0 rings (SSSR count). The van der Waals surface area contributed by atoms with E-state index >= 15 is 0 Å². The fourth-order valence-corrected chi connectivity index (χ4v) is 1.93. The number of amides is 4. The zero-order valence-electron chi connectivity index (χ0n) is 12.8. The van der Waals surface area contributed by atoms with Crippen LogP contribution in [-0.2, 0) is 9.59 Å². The third-order valence-corrected chi connectivity index (χ3v) is 3.12. The van der Waals surface area contributed by atoms with Gasteiger partial charge in [-0.05, 0) is 26.2 Å². The molecule has 0 aliphatic heterocycles. The maximum absolute atomic E-state index is 11.5. The van der Waals surface area contributed by atoms with E-state index < -0.39 is 6.03 Å².